The summed E-state index contributed by atoms with van der Waals surface area (Å²) in [6.45, 7) is 3.16. The predicted molar refractivity (Wildman–Crippen MR) is 116 cm³/mol. The van der Waals surface area contributed by atoms with E-state index in [1.807, 2.05) is 19.1 Å². The first-order valence-corrected chi connectivity index (χ1v) is 11.8. The Bertz CT molecular complexity index is 1220. The fourth-order valence-electron chi connectivity index (χ4n) is 4.01. The van der Waals surface area contributed by atoms with Gasteiger partial charge in [-0.3, -0.25) is 4.79 Å². The van der Waals surface area contributed by atoms with Crippen molar-refractivity contribution >= 4 is 21.6 Å². The molecule has 162 valence electrons. The minimum Gasteiger partial charge on any atom is -0.310 e. The number of aryl methyl sites for hydroxylation is 2. The number of hydrogen-bond acceptors (Lipinski definition) is 4. The normalized spacial score (nSPS) is 17.1. The molecule has 0 bridgehead atoms. The number of carbonyl (C=O) groups excluding carboxylic acids is 1. The lowest BCUT2D eigenvalue weighted by Crippen LogP contribution is -2.34. The third-order valence-electron chi connectivity index (χ3n) is 5.83. The quantitative estimate of drug-likeness (QED) is 0.606. The van der Waals surface area contributed by atoms with Gasteiger partial charge in [-0.25, -0.2) is 17.5 Å². The van der Waals surface area contributed by atoms with Crippen LogP contribution in [0.4, 0.5) is 10.2 Å². The lowest BCUT2D eigenvalue weighted by atomic mass is 9.88. The Hall–Kier alpha value is -3.00. The van der Waals surface area contributed by atoms with E-state index in [2.05, 4.69) is 22.5 Å². The first kappa shape index (κ1) is 21.2. The van der Waals surface area contributed by atoms with Gasteiger partial charge in [-0.1, -0.05) is 24.3 Å². The zero-order valence-electron chi connectivity index (χ0n) is 17.4. The molecule has 8 heteroatoms. The molecule has 0 saturated carbocycles. The van der Waals surface area contributed by atoms with Gasteiger partial charge in [0.05, 0.1) is 17.1 Å². The van der Waals surface area contributed by atoms with Gasteiger partial charge >= 0.3 is 0 Å². The number of nitrogens with zero attached hydrogens (tertiary/aromatic N) is 2. The SMILES string of the molecule is Cc1cnn(C2CCCc3ccccc32)c1NC(=O)C(C)S(=O)(=O)c1ccc(F)cc1. The fourth-order valence-corrected chi connectivity index (χ4v) is 5.27. The summed E-state index contributed by atoms with van der Waals surface area (Å²) >= 11 is 0. The number of hydrogen-bond donors (Lipinski definition) is 1. The van der Waals surface area contributed by atoms with Crippen molar-refractivity contribution in [3.8, 4) is 0 Å². The highest BCUT2D eigenvalue weighted by Crippen LogP contribution is 2.35. The van der Waals surface area contributed by atoms with Crippen LogP contribution in [-0.2, 0) is 21.1 Å². The number of rotatable bonds is 5. The summed E-state index contributed by atoms with van der Waals surface area (Å²) in [4.78, 5) is 12.8. The van der Waals surface area contributed by atoms with Crippen molar-refractivity contribution in [2.24, 2.45) is 0 Å². The van der Waals surface area contributed by atoms with Crippen molar-refractivity contribution in [2.45, 2.75) is 49.3 Å². The van der Waals surface area contributed by atoms with Crippen LogP contribution >= 0.6 is 0 Å². The summed E-state index contributed by atoms with van der Waals surface area (Å²) < 4.78 is 40.6. The zero-order chi connectivity index (χ0) is 22.2. The second-order valence-electron chi connectivity index (χ2n) is 7.86. The van der Waals surface area contributed by atoms with Crippen LogP contribution in [-0.4, -0.2) is 29.4 Å². The molecule has 0 saturated heterocycles. The van der Waals surface area contributed by atoms with Gasteiger partial charge < -0.3 is 5.32 Å². The van der Waals surface area contributed by atoms with Gasteiger partial charge in [-0.15, -0.1) is 0 Å². The summed E-state index contributed by atoms with van der Waals surface area (Å²) in [5.74, 6) is -0.700. The van der Waals surface area contributed by atoms with Crippen molar-refractivity contribution in [2.75, 3.05) is 5.32 Å². The van der Waals surface area contributed by atoms with Crippen LogP contribution in [0.1, 0.15) is 42.5 Å². The monoisotopic (exact) mass is 441 g/mol. The smallest absolute Gasteiger partial charge is 0.243 e. The van der Waals surface area contributed by atoms with Crippen molar-refractivity contribution < 1.29 is 17.6 Å². The molecule has 1 aliphatic carbocycles. The molecule has 1 heterocycles. The molecule has 0 aliphatic heterocycles. The van der Waals surface area contributed by atoms with Crippen molar-refractivity contribution in [1.82, 2.24) is 9.78 Å². The Morgan fingerprint density at radius 1 is 1.19 bits per heavy atom. The van der Waals surface area contributed by atoms with Crippen LogP contribution in [0, 0.1) is 12.7 Å². The molecule has 1 aromatic heterocycles. The van der Waals surface area contributed by atoms with Gasteiger partial charge in [0.2, 0.25) is 5.91 Å². The summed E-state index contributed by atoms with van der Waals surface area (Å²) in [5.41, 5.74) is 3.18. The molecule has 3 aromatic rings. The van der Waals surface area contributed by atoms with E-state index in [4.69, 9.17) is 0 Å². The summed E-state index contributed by atoms with van der Waals surface area (Å²) in [6.07, 6.45) is 4.56. The van der Waals surface area contributed by atoms with E-state index in [1.54, 1.807) is 10.9 Å². The minimum absolute atomic E-state index is 0.0297. The van der Waals surface area contributed by atoms with Crippen LogP contribution in [0.2, 0.25) is 0 Å². The first-order chi connectivity index (χ1) is 14.8. The average Bonchev–Trinajstić information content (AvgIpc) is 3.13. The topological polar surface area (TPSA) is 81.1 Å². The van der Waals surface area contributed by atoms with E-state index in [-0.39, 0.29) is 10.9 Å². The predicted octanol–water partition coefficient (Wildman–Crippen LogP) is 4.06. The van der Waals surface area contributed by atoms with E-state index in [0.29, 0.717) is 5.82 Å². The van der Waals surface area contributed by atoms with Crippen LogP contribution in [0.15, 0.2) is 59.6 Å². The first-order valence-electron chi connectivity index (χ1n) is 10.2. The molecule has 2 aromatic carbocycles. The largest absolute Gasteiger partial charge is 0.310 e. The van der Waals surface area contributed by atoms with Crippen molar-refractivity contribution in [3.05, 3.63) is 77.2 Å². The number of fused-ring (bicyclic) bond motifs is 1. The third-order valence-corrected chi connectivity index (χ3v) is 7.90. The zero-order valence-corrected chi connectivity index (χ0v) is 18.2. The highest BCUT2D eigenvalue weighted by atomic mass is 32.2. The molecule has 6 nitrogen and oxygen atoms in total. The third kappa shape index (κ3) is 3.99. The number of nitrogens with one attached hydrogen (secondary N) is 1. The lowest BCUT2D eigenvalue weighted by Gasteiger charge is -2.27. The molecule has 0 radical (unpaired) electrons. The van der Waals surface area contributed by atoms with E-state index in [1.165, 1.54) is 30.2 Å². The molecule has 4 rings (SSSR count). The van der Waals surface area contributed by atoms with Crippen LogP contribution in [0.3, 0.4) is 0 Å². The molecule has 1 amide bonds. The molecule has 2 atom stereocenters. The lowest BCUT2D eigenvalue weighted by molar-refractivity contribution is -0.115. The summed E-state index contributed by atoms with van der Waals surface area (Å²) in [6, 6.07) is 12.6. The maximum absolute atomic E-state index is 13.2. The van der Waals surface area contributed by atoms with E-state index in [9.17, 15) is 17.6 Å². The second kappa shape index (κ2) is 8.26. The molecule has 1 N–H and O–H groups in total. The van der Waals surface area contributed by atoms with Crippen molar-refractivity contribution in [3.63, 3.8) is 0 Å². The molecule has 0 spiro atoms. The number of sulfone groups is 1. The summed E-state index contributed by atoms with van der Waals surface area (Å²) in [5, 5.41) is 5.93. The van der Waals surface area contributed by atoms with Crippen molar-refractivity contribution in [1.29, 1.82) is 0 Å². The number of benzene rings is 2. The minimum atomic E-state index is -3.97. The fraction of sp³-hybridized carbons (Fsp3) is 0.304. The Morgan fingerprint density at radius 3 is 2.65 bits per heavy atom. The highest BCUT2D eigenvalue weighted by Gasteiger charge is 2.32. The molecular weight excluding hydrogens is 417 g/mol. The van der Waals surface area contributed by atoms with E-state index >= 15 is 0 Å². The molecule has 0 fully saturated rings. The molecule has 1 aliphatic rings. The Labute approximate surface area is 181 Å². The van der Waals surface area contributed by atoms with Gasteiger partial charge in [-0.05, 0) is 68.5 Å². The van der Waals surface area contributed by atoms with E-state index in [0.717, 1.165) is 37.0 Å². The number of carbonyl (C=O) groups is 1. The van der Waals surface area contributed by atoms with Gasteiger partial charge in [0.1, 0.15) is 16.9 Å². The average molecular weight is 442 g/mol. The Balaban J connectivity index is 1.62. The Kier molecular flexibility index (Phi) is 5.66. The Morgan fingerprint density at radius 2 is 1.90 bits per heavy atom. The highest BCUT2D eigenvalue weighted by molar-refractivity contribution is 7.92. The van der Waals surface area contributed by atoms with Gasteiger partial charge in [0.15, 0.2) is 9.84 Å². The van der Waals surface area contributed by atoms with Gasteiger partial charge in [-0.2, -0.15) is 5.10 Å². The standard InChI is InChI=1S/C23H24FN3O3S/c1-15-14-25-27(21-9-5-7-17-6-3-4-8-20(17)21)22(15)26-23(28)16(2)31(29,30)19-12-10-18(24)11-13-19/h3-4,6,8,10-14,16,21H,5,7,9H2,1-2H3,(H,26,28). The number of aromatic nitrogens is 2. The van der Waals surface area contributed by atoms with Crippen LogP contribution < -0.4 is 5.32 Å². The number of amides is 1. The maximum atomic E-state index is 13.2. The van der Waals surface area contributed by atoms with Crippen LogP contribution in [0.5, 0.6) is 0 Å². The maximum Gasteiger partial charge on any atom is 0.243 e. The molecular formula is C23H24FN3O3S. The van der Waals surface area contributed by atoms with E-state index < -0.39 is 26.8 Å². The van der Waals surface area contributed by atoms with Gasteiger partial charge in [0.25, 0.3) is 0 Å². The second-order valence-corrected chi connectivity index (χ2v) is 10.1. The number of anilines is 1. The molecule has 2 unspecified atom stereocenters. The summed E-state index contributed by atoms with van der Waals surface area (Å²) in [7, 11) is -3.97. The molecule has 31 heavy (non-hydrogen) atoms. The van der Waals surface area contributed by atoms with Gasteiger partial charge in [0, 0.05) is 5.56 Å². The number of halogens is 1. The van der Waals surface area contributed by atoms with Crippen LogP contribution in [0.25, 0.3) is 0 Å².